The van der Waals surface area contributed by atoms with Crippen molar-refractivity contribution in [2.75, 3.05) is 20.1 Å². The summed E-state index contributed by atoms with van der Waals surface area (Å²) in [6.07, 6.45) is 2.48. The van der Waals surface area contributed by atoms with Crippen LogP contribution in [0.5, 0.6) is 0 Å². The molecule has 7 nitrogen and oxygen atoms in total. The van der Waals surface area contributed by atoms with Crippen LogP contribution < -0.4 is 0 Å². The summed E-state index contributed by atoms with van der Waals surface area (Å²) in [5, 5.41) is 3.74. The second-order valence-electron chi connectivity index (χ2n) is 5.67. The van der Waals surface area contributed by atoms with Crippen LogP contribution in [-0.4, -0.2) is 59.2 Å². The summed E-state index contributed by atoms with van der Waals surface area (Å²) in [4.78, 5) is 6.35. The van der Waals surface area contributed by atoms with Gasteiger partial charge in [0.1, 0.15) is 0 Å². The Hall–Kier alpha value is -0.990. The van der Waals surface area contributed by atoms with Gasteiger partial charge in [-0.2, -0.15) is 4.98 Å². The molecule has 0 spiro atoms. The van der Waals surface area contributed by atoms with E-state index >= 15 is 0 Å². The summed E-state index contributed by atoms with van der Waals surface area (Å²) in [5.41, 5.74) is 0. The van der Waals surface area contributed by atoms with E-state index in [2.05, 4.69) is 15.0 Å². The Bertz CT molecular complexity index is 581. The first-order valence-corrected chi connectivity index (χ1v) is 8.45. The van der Waals surface area contributed by atoms with E-state index in [4.69, 9.17) is 4.52 Å². The van der Waals surface area contributed by atoms with E-state index in [0.717, 1.165) is 32.4 Å². The molecule has 3 rings (SSSR count). The van der Waals surface area contributed by atoms with E-state index in [-0.39, 0.29) is 11.3 Å². The molecule has 0 N–H and O–H groups in total. The van der Waals surface area contributed by atoms with Gasteiger partial charge >= 0.3 is 0 Å². The average molecular weight is 300 g/mol. The molecule has 20 heavy (non-hydrogen) atoms. The lowest BCUT2D eigenvalue weighted by atomic mass is 10.3. The molecule has 1 saturated carbocycles. The smallest absolute Gasteiger partial charge is 0.223 e. The summed E-state index contributed by atoms with van der Waals surface area (Å²) in [5.74, 6) is 1.22. The van der Waals surface area contributed by atoms with Crippen LogP contribution >= 0.6 is 0 Å². The van der Waals surface area contributed by atoms with Gasteiger partial charge in [-0.15, -0.1) is 0 Å². The lowest BCUT2D eigenvalue weighted by molar-refractivity contribution is 0.285. The Morgan fingerprint density at radius 2 is 2.15 bits per heavy atom. The Labute approximate surface area is 119 Å². The summed E-state index contributed by atoms with van der Waals surface area (Å²) < 4.78 is 31.0. The predicted octanol–water partition coefficient (Wildman–Crippen LogP) is 0.376. The normalized spacial score (nSPS) is 24.6. The van der Waals surface area contributed by atoms with Gasteiger partial charge in [0, 0.05) is 33.1 Å². The molecule has 1 aromatic rings. The molecule has 1 aliphatic carbocycles. The number of aryl methyl sites for hydroxylation is 1. The average Bonchev–Trinajstić information content (AvgIpc) is 3.06. The highest BCUT2D eigenvalue weighted by atomic mass is 32.2. The molecule has 2 aliphatic rings. The SMILES string of the molecule is Cc1nc(CN2CCC(N(C)S(=O)(=O)C3CC3)C2)no1. The molecular weight excluding hydrogens is 280 g/mol. The molecule has 0 bridgehead atoms. The topological polar surface area (TPSA) is 79.5 Å². The summed E-state index contributed by atoms with van der Waals surface area (Å²) >= 11 is 0. The van der Waals surface area contributed by atoms with Gasteiger partial charge in [-0.1, -0.05) is 5.16 Å². The standard InChI is InChI=1S/C12H20N4O3S/c1-9-13-12(14-19-9)8-16-6-5-10(7-16)15(2)20(17,18)11-3-4-11/h10-11H,3-8H2,1-2H3. The van der Waals surface area contributed by atoms with Crippen LogP contribution in [0.4, 0.5) is 0 Å². The fraction of sp³-hybridized carbons (Fsp3) is 0.833. The molecule has 1 aromatic heterocycles. The summed E-state index contributed by atoms with van der Waals surface area (Å²) in [6.45, 7) is 3.98. The predicted molar refractivity (Wildman–Crippen MR) is 72.4 cm³/mol. The number of hydrogen-bond donors (Lipinski definition) is 0. The number of nitrogens with zero attached hydrogens (tertiary/aromatic N) is 4. The minimum Gasteiger partial charge on any atom is -0.340 e. The van der Waals surface area contributed by atoms with Crippen molar-refractivity contribution in [1.29, 1.82) is 0 Å². The number of aromatic nitrogens is 2. The number of hydrogen-bond acceptors (Lipinski definition) is 6. The van der Waals surface area contributed by atoms with Gasteiger partial charge < -0.3 is 4.52 Å². The second-order valence-corrected chi connectivity index (χ2v) is 7.94. The van der Waals surface area contributed by atoms with E-state index in [1.165, 1.54) is 0 Å². The molecule has 2 heterocycles. The third kappa shape index (κ3) is 2.72. The third-order valence-corrected chi connectivity index (χ3v) is 6.46. The number of likely N-dealkylation sites (N-methyl/N-ethyl adjacent to an activating group) is 1. The van der Waals surface area contributed by atoms with Gasteiger partial charge in [-0.25, -0.2) is 12.7 Å². The lowest BCUT2D eigenvalue weighted by Crippen LogP contribution is -2.40. The van der Waals surface area contributed by atoms with Crippen LogP contribution in [0.2, 0.25) is 0 Å². The first kappa shape index (κ1) is 14.0. The molecule has 0 aromatic carbocycles. The van der Waals surface area contributed by atoms with E-state index in [9.17, 15) is 8.42 Å². The van der Waals surface area contributed by atoms with Gasteiger partial charge in [0.2, 0.25) is 15.9 Å². The highest BCUT2D eigenvalue weighted by molar-refractivity contribution is 7.90. The van der Waals surface area contributed by atoms with Crippen molar-refractivity contribution in [3.05, 3.63) is 11.7 Å². The molecule has 2 fully saturated rings. The van der Waals surface area contributed by atoms with E-state index in [1.807, 2.05) is 0 Å². The second kappa shape index (κ2) is 5.09. The fourth-order valence-corrected chi connectivity index (χ4v) is 4.46. The molecule has 8 heteroatoms. The zero-order valence-corrected chi connectivity index (χ0v) is 12.6. The largest absolute Gasteiger partial charge is 0.340 e. The lowest BCUT2D eigenvalue weighted by Gasteiger charge is -2.24. The van der Waals surface area contributed by atoms with Gasteiger partial charge in [-0.3, -0.25) is 4.90 Å². The monoisotopic (exact) mass is 300 g/mol. The minimum atomic E-state index is -3.08. The fourth-order valence-electron chi connectivity index (χ4n) is 2.67. The van der Waals surface area contributed by atoms with Crippen molar-refractivity contribution < 1.29 is 12.9 Å². The Balaban J connectivity index is 1.59. The van der Waals surface area contributed by atoms with Crippen LogP contribution in [-0.2, 0) is 16.6 Å². The zero-order valence-electron chi connectivity index (χ0n) is 11.8. The van der Waals surface area contributed by atoms with Crippen LogP contribution in [0.3, 0.4) is 0 Å². The molecule has 1 saturated heterocycles. The molecular formula is C12H20N4O3S. The van der Waals surface area contributed by atoms with Crippen LogP contribution in [0, 0.1) is 6.92 Å². The van der Waals surface area contributed by atoms with Crippen LogP contribution in [0.1, 0.15) is 31.0 Å². The molecule has 1 aliphatic heterocycles. The molecule has 0 amide bonds. The van der Waals surface area contributed by atoms with Gasteiger partial charge in [0.15, 0.2) is 5.82 Å². The molecule has 1 unspecified atom stereocenters. The Morgan fingerprint density at radius 3 is 2.75 bits per heavy atom. The number of sulfonamides is 1. The van der Waals surface area contributed by atoms with Crippen LogP contribution in [0.25, 0.3) is 0 Å². The van der Waals surface area contributed by atoms with Crippen molar-refractivity contribution in [1.82, 2.24) is 19.3 Å². The summed E-state index contributed by atoms with van der Waals surface area (Å²) in [6, 6.07) is 0.0635. The van der Waals surface area contributed by atoms with Crippen molar-refractivity contribution in [2.45, 2.75) is 44.0 Å². The quantitative estimate of drug-likeness (QED) is 0.782. The van der Waals surface area contributed by atoms with E-state index in [0.29, 0.717) is 18.3 Å². The van der Waals surface area contributed by atoms with Gasteiger partial charge in [0.05, 0.1) is 11.8 Å². The summed E-state index contributed by atoms with van der Waals surface area (Å²) in [7, 11) is -1.38. The highest BCUT2D eigenvalue weighted by Gasteiger charge is 2.42. The number of rotatable bonds is 5. The van der Waals surface area contributed by atoms with Gasteiger partial charge in [-0.05, 0) is 19.3 Å². The number of likely N-dealkylation sites (tertiary alicyclic amines) is 1. The van der Waals surface area contributed by atoms with Crippen molar-refractivity contribution in [3.8, 4) is 0 Å². The Morgan fingerprint density at radius 1 is 1.40 bits per heavy atom. The Kier molecular flexibility index (Phi) is 3.55. The van der Waals surface area contributed by atoms with E-state index < -0.39 is 10.0 Å². The maximum absolute atomic E-state index is 12.2. The molecule has 0 radical (unpaired) electrons. The van der Waals surface area contributed by atoms with Crippen molar-refractivity contribution in [2.24, 2.45) is 0 Å². The maximum atomic E-state index is 12.2. The third-order valence-electron chi connectivity index (χ3n) is 4.04. The first-order valence-electron chi connectivity index (χ1n) is 6.95. The minimum absolute atomic E-state index is 0.0635. The molecule has 1 atom stereocenters. The van der Waals surface area contributed by atoms with E-state index in [1.54, 1.807) is 18.3 Å². The van der Waals surface area contributed by atoms with Gasteiger partial charge in [0.25, 0.3) is 0 Å². The first-order chi connectivity index (χ1) is 9.46. The molecule has 112 valence electrons. The van der Waals surface area contributed by atoms with Crippen LogP contribution in [0.15, 0.2) is 4.52 Å². The maximum Gasteiger partial charge on any atom is 0.223 e. The van der Waals surface area contributed by atoms with Crippen molar-refractivity contribution >= 4 is 10.0 Å². The highest BCUT2D eigenvalue weighted by Crippen LogP contribution is 2.32. The van der Waals surface area contributed by atoms with Crippen molar-refractivity contribution in [3.63, 3.8) is 0 Å². The zero-order chi connectivity index (χ0) is 14.3.